The van der Waals surface area contributed by atoms with Crippen molar-refractivity contribution in [2.45, 2.75) is 6.54 Å². The molecule has 0 radical (unpaired) electrons. The van der Waals surface area contributed by atoms with E-state index in [1.165, 1.54) is 12.1 Å². The summed E-state index contributed by atoms with van der Waals surface area (Å²) in [6.45, 7) is 0.410. The lowest BCUT2D eigenvalue weighted by Crippen LogP contribution is -1.98. The van der Waals surface area contributed by atoms with Crippen LogP contribution in [0.5, 0.6) is 0 Å². The van der Waals surface area contributed by atoms with Crippen molar-refractivity contribution in [2.75, 3.05) is 0 Å². The Morgan fingerprint density at radius 2 is 1.87 bits per heavy atom. The smallest absolute Gasteiger partial charge is 0.123 e. The van der Waals surface area contributed by atoms with E-state index < -0.39 is 0 Å². The maximum Gasteiger partial charge on any atom is 0.123 e. The van der Waals surface area contributed by atoms with Crippen LogP contribution < -0.4 is 5.73 Å². The average molecular weight is 249 g/mol. The summed E-state index contributed by atoms with van der Waals surface area (Å²) in [6, 6.07) is 8.15. The van der Waals surface area contributed by atoms with Gasteiger partial charge in [-0.25, -0.2) is 4.39 Å². The summed E-state index contributed by atoms with van der Waals surface area (Å²) in [6.07, 6.45) is 0. The largest absolute Gasteiger partial charge is 0.325 e. The van der Waals surface area contributed by atoms with Gasteiger partial charge in [-0.2, -0.15) is 0 Å². The number of hydrogen-bond donors (Lipinski definition) is 1. The monoisotopic (exact) mass is 248 g/mol. The SMILES string of the molecule is Cl.Cl.NCc1ccc2cc(F)ccc2n1. The zero-order chi connectivity index (χ0) is 9.26. The number of aromatic nitrogens is 1. The van der Waals surface area contributed by atoms with E-state index in [9.17, 15) is 4.39 Å². The fraction of sp³-hybridized carbons (Fsp3) is 0.100. The molecule has 0 aliphatic rings. The minimum atomic E-state index is -0.241. The second kappa shape index (κ2) is 5.85. The molecule has 2 N–H and O–H groups in total. The first-order valence-corrected chi connectivity index (χ1v) is 4.05. The Morgan fingerprint density at radius 1 is 1.13 bits per heavy atom. The molecule has 2 rings (SSSR count). The quantitative estimate of drug-likeness (QED) is 0.843. The van der Waals surface area contributed by atoms with Crippen LogP contribution in [-0.2, 0) is 6.54 Å². The fourth-order valence-electron chi connectivity index (χ4n) is 1.25. The van der Waals surface area contributed by atoms with Crippen molar-refractivity contribution >= 4 is 35.7 Å². The van der Waals surface area contributed by atoms with Crippen LogP contribution in [0.25, 0.3) is 10.9 Å². The Labute approximate surface area is 99.5 Å². The highest BCUT2D eigenvalue weighted by atomic mass is 35.5. The maximum absolute atomic E-state index is 12.8. The van der Waals surface area contributed by atoms with Gasteiger partial charge in [0.1, 0.15) is 5.82 Å². The molecule has 0 atom stereocenters. The molecule has 0 aliphatic heterocycles. The van der Waals surface area contributed by atoms with Crippen LogP contribution in [0.3, 0.4) is 0 Å². The lowest BCUT2D eigenvalue weighted by Gasteiger charge is -1.99. The minimum Gasteiger partial charge on any atom is -0.325 e. The van der Waals surface area contributed by atoms with Gasteiger partial charge in [-0.15, -0.1) is 24.8 Å². The second-order valence-electron chi connectivity index (χ2n) is 2.84. The normalized spacial score (nSPS) is 9.20. The van der Waals surface area contributed by atoms with E-state index in [1.807, 2.05) is 12.1 Å². The topological polar surface area (TPSA) is 38.9 Å². The van der Waals surface area contributed by atoms with Crippen LogP contribution in [0.4, 0.5) is 4.39 Å². The van der Waals surface area contributed by atoms with Gasteiger partial charge in [0.15, 0.2) is 0 Å². The summed E-state index contributed by atoms with van der Waals surface area (Å²) in [5.41, 5.74) is 7.03. The summed E-state index contributed by atoms with van der Waals surface area (Å²) in [5, 5.41) is 0.803. The van der Waals surface area contributed by atoms with Crippen molar-refractivity contribution in [3.8, 4) is 0 Å². The minimum absolute atomic E-state index is 0. The highest BCUT2D eigenvalue weighted by Crippen LogP contribution is 2.13. The third-order valence-electron chi connectivity index (χ3n) is 1.92. The molecule has 0 unspecified atom stereocenters. The lowest BCUT2D eigenvalue weighted by atomic mass is 10.2. The Morgan fingerprint density at radius 3 is 2.53 bits per heavy atom. The Bertz CT molecular complexity index is 448. The zero-order valence-electron chi connectivity index (χ0n) is 7.81. The molecule has 0 saturated carbocycles. The summed E-state index contributed by atoms with van der Waals surface area (Å²) in [4.78, 5) is 4.24. The Balaban J connectivity index is 0.000000980. The van der Waals surface area contributed by atoms with Gasteiger partial charge in [0.2, 0.25) is 0 Å². The molecule has 0 fully saturated rings. The van der Waals surface area contributed by atoms with Crippen molar-refractivity contribution in [1.29, 1.82) is 0 Å². The van der Waals surface area contributed by atoms with Gasteiger partial charge < -0.3 is 5.73 Å². The molecule has 0 amide bonds. The molecule has 0 spiro atoms. The molecule has 2 aromatic rings. The van der Waals surface area contributed by atoms with Gasteiger partial charge in [-0.1, -0.05) is 6.07 Å². The van der Waals surface area contributed by atoms with Crippen molar-refractivity contribution in [1.82, 2.24) is 4.98 Å². The van der Waals surface area contributed by atoms with E-state index in [2.05, 4.69) is 4.98 Å². The number of nitrogens with two attached hydrogens (primary N) is 1. The van der Waals surface area contributed by atoms with Crippen LogP contribution in [0, 0.1) is 5.82 Å². The highest BCUT2D eigenvalue weighted by molar-refractivity contribution is 5.85. The van der Waals surface area contributed by atoms with Crippen LogP contribution in [0.1, 0.15) is 5.69 Å². The van der Waals surface area contributed by atoms with Crippen LogP contribution in [-0.4, -0.2) is 4.98 Å². The number of hydrogen-bond acceptors (Lipinski definition) is 2. The Hall–Kier alpha value is -0.900. The van der Waals surface area contributed by atoms with Crippen LogP contribution in [0.2, 0.25) is 0 Å². The van der Waals surface area contributed by atoms with Gasteiger partial charge in [0.25, 0.3) is 0 Å². The summed E-state index contributed by atoms with van der Waals surface area (Å²) < 4.78 is 12.8. The molecule has 1 aromatic heterocycles. The van der Waals surface area contributed by atoms with Gasteiger partial charge in [-0.3, -0.25) is 4.98 Å². The molecule has 1 aromatic carbocycles. The van der Waals surface area contributed by atoms with Gasteiger partial charge in [0, 0.05) is 11.9 Å². The number of halogens is 3. The molecule has 0 saturated heterocycles. The molecule has 2 nitrogen and oxygen atoms in total. The predicted octanol–water partition coefficient (Wildman–Crippen LogP) is 2.68. The highest BCUT2D eigenvalue weighted by Gasteiger charge is 1.97. The zero-order valence-corrected chi connectivity index (χ0v) is 9.45. The van der Waals surface area contributed by atoms with Gasteiger partial charge in [0.05, 0.1) is 11.2 Å². The summed E-state index contributed by atoms with van der Waals surface area (Å²) in [7, 11) is 0. The van der Waals surface area contributed by atoms with Crippen molar-refractivity contribution in [3.63, 3.8) is 0 Å². The molecule has 0 bridgehead atoms. The molecule has 1 heterocycles. The van der Waals surface area contributed by atoms with E-state index >= 15 is 0 Å². The molecule has 82 valence electrons. The molecule has 5 heteroatoms. The number of fused-ring (bicyclic) bond motifs is 1. The third kappa shape index (κ3) is 3.02. The first-order chi connectivity index (χ1) is 6.29. The second-order valence-corrected chi connectivity index (χ2v) is 2.84. The fourth-order valence-corrected chi connectivity index (χ4v) is 1.25. The first kappa shape index (κ1) is 14.1. The number of pyridine rings is 1. The molecule has 15 heavy (non-hydrogen) atoms. The lowest BCUT2D eigenvalue weighted by molar-refractivity contribution is 0.629. The van der Waals surface area contributed by atoms with Crippen molar-refractivity contribution in [3.05, 3.63) is 41.8 Å². The number of benzene rings is 1. The van der Waals surface area contributed by atoms with E-state index in [4.69, 9.17) is 5.73 Å². The molecule has 0 aliphatic carbocycles. The standard InChI is InChI=1S/C10H9FN2.2ClH/c11-8-2-4-10-7(5-8)1-3-9(6-12)13-10;;/h1-5H,6,12H2;2*1H. The molecular weight excluding hydrogens is 238 g/mol. The van der Waals surface area contributed by atoms with Crippen LogP contribution in [0.15, 0.2) is 30.3 Å². The van der Waals surface area contributed by atoms with Crippen molar-refractivity contribution < 1.29 is 4.39 Å². The van der Waals surface area contributed by atoms with Gasteiger partial charge in [-0.05, 0) is 24.3 Å². The summed E-state index contributed by atoms with van der Waals surface area (Å²) in [5.74, 6) is -0.241. The maximum atomic E-state index is 12.8. The van der Waals surface area contributed by atoms with Crippen molar-refractivity contribution in [2.24, 2.45) is 5.73 Å². The van der Waals surface area contributed by atoms with Crippen LogP contribution >= 0.6 is 24.8 Å². The average Bonchev–Trinajstić information content (AvgIpc) is 2.17. The summed E-state index contributed by atoms with van der Waals surface area (Å²) >= 11 is 0. The number of rotatable bonds is 1. The van der Waals surface area contributed by atoms with Gasteiger partial charge >= 0.3 is 0 Å². The predicted molar refractivity (Wildman–Crippen MR) is 64.1 cm³/mol. The van der Waals surface area contributed by atoms with E-state index in [1.54, 1.807) is 6.07 Å². The third-order valence-corrected chi connectivity index (χ3v) is 1.92. The first-order valence-electron chi connectivity index (χ1n) is 4.05. The van der Waals surface area contributed by atoms with E-state index in [0.717, 1.165) is 16.6 Å². The molecular formula is C10H11Cl2FN2. The van der Waals surface area contributed by atoms with E-state index in [0.29, 0.717) is 6.54 Å². The van der Waals surface area contributed by atoms with E-state index in [-0.39, 0.29) is 30.6 Å². The Kier molecular flexibility index (Phi) is 5.50. The number of nitrogens with zero attached hydrogens (tertiary/aromatic N) is 1.